The molecule has 0 radical (unpaired) electrons. The third kappa shape index (κ3) is 4.92. The van der Waals surface area contributed by atoms with Crippen LogP contribution in [0.3, 0.4) is 0 Å². The van der Waals surface area contributed by atoms with Gasteiger partial charge in [0.25, 0.3) is 5.91 Å². The maximum absolute atomic E-state index is 12.7. The lowest BCUT2D eigenvalue weighted by molar-refractivity contribution is -0.122. The van der Waals surface area contributed by atoms with Crippen LogP contribution in [-0.2, 0) is 11.3 Å². The molecule has 2 atom stereocenters. The van der Waals surface area contributed by atoms with Crippen molar-refractivity contribution in [1.82, 2.24) is 10.3 Å². The van der Waals surface area contributed by atoms with Crippen molar-refractivity contribution in [2.24, 2.45) is 11.7 Å². The van der Waals surface area contributed by atoms with Crippen molar-refractivity contribution in [2.45, 2.75) is 44.7 Å². The van der Waals surface area contributed by atoms with E-state index in [0.29, 0.717) is 17.8 Å². The molecule has 142 valence electrons. The molecule has 3 rings (SSSR count). The lowest BCUT2D eigenvalue weighted by Crippen LogP contribution is -2.51. The molecule has 0 aliphatic heterocycles. The van der Waals surface area contributed by atoms with Crippen molar-refractivity contribution < 1.29 is 9.59 Å². The van der Waals surface area contributed by atoms with E-state index in [1.807, 2.05) is 25.1 Å². The minimum atomic E-state index is -0.486. The Bertz CT molecular complexity index is 805. The monoisotopic (exact) mass is 366 g/mol. The molecular weight excluding hydrogens is 340 g/mol. The lowest BCUT2D eigenvalue weighted by atomic mass is 9.74. The molecule has 1 aromatic carbocycles. The van der Waals surface area contributed by atoms with Crippen LogP contribution in [0.15, 0.2) is 48.7 Å². The molecular formula is C21H26N4O2. The Labute approximate surface area is 159 Å². The van der Waals surface area contributed by atoms with Crippen LogP contribution in [0.1, 0.15) is 48.7 Å². The molecule has 1 aliphatic carbocycles. The minimum absolute atomic E-state index is 0.0780. The predicted molar refractivity (Wildman–Crippen MR) is 105 cm³/mol. The number of benzene rings is 1. The van der Waals surface area contributed by atoms with Crippen molar-refractivity contribution in [1.29, 1.82) is 0 Å². The highest BCUT2D eigenvalue weighted by molar-refractivity contribution is 5.98. The van der Waals surface area contributed by atoms with Crippen LogP contribution in [0.2, 0.25) is 0 Å². The van der Waals surface area contributed by atoms with Gasteiger partial charge in [0.2, 0.25) is 5.91 Å². The van der Waals surface area contributed by atoms with E-state index in [1.165, 1.54) is 0 Å². The second kappa shape index (κ2) is 8.31. The maximum atomic E-state index is 12.7. The van der Waals surface area contributed by atoms with E-state index in [1.54, 1.807) is 30.5 Å². The van der Waals surface area contributed by atoms with E-state index < -0.39 is 5.54 Å². The number of pyridine rings is 1. The van der Waals surface area contributed by atoms with E-state index in [9.17, 15) is 9.59 Å². The first-order valence-electron chi connectivity index (χ1n) is 9.34. The summed E-state index contributed by atoms with van der Waals surface area (Å²) < 4.78 is 0. The highest BCUT2D eigenvalue weighted by Gasteiger charge is 2.37. The normalized spacial score (nSPS) is 22.1. The first-order chi connectivity index (χ1) is 13.0. The average Bonchev–Trinajstić information content (AvgIpc) is 2.66. The highest BCUT2D eigenvalue weighted by atomic mass is 16.2. The Morgan fingerprint density at radius 2 is 2.07 bits per heavy atom. The van der Waals surface area contributed by atoms with Crippen molar-refractivity contribution in [3.8, 4) is 0 Å². The van der Waals surface area contributed by atoms with E-state index >= 15 is 0 Å². The molecule has 0 bridgehead atoms. The number of hydrogen-bond donors (Lipinski definition) is 3. The molecule has 27 heavy (non-hydrogen) atoms. The third-order valence-electron chi connectivity index (χ3n) is 5.12. The number of nitrogens with one attached hydrogen (secondary N) is 2. The summed E-state index contributed by atoms with van der Waals surface area (Å²) in [6.07, 6.45) is 5.40. The van der Waals surface area contributed by atoms with Gasteiger partial charge < -0.3 is 16.4 Å². The van der Waals surface area contributed by atoms with Gasteiger partial charge >= 0.3 is 0 Å². The number of nitrogens with zero attached hydrogens (tertiary/aromatic N) is 1. The van der Waals surface area contributed by atoms with E-state index in [-0.39, 0.29) is 17.7 Å². The quantitative estimate of drug-likeness (QED) is 0.758. The molecule has 2 aromatic rings. The summed E-state index contributed by atoms with van der Waals surface area (Å²) in [6, 6.07) is 12.5. The van der Waals surface area contributed by atoms with Crippen LogP contribution < -0.4 is 16.4 Å². The van der Waals surface area contributed by atoms with Gasteiger partial charge in [-0.1, -0.05) is 25.0 Å². The lowest BCUT2D eigenvalue weighted by Gasteiger charge is -2.37. The SMILES string of the molecule is CC1(N)CCCCC1C(=O)Nc1cccc(C(=O)NCc2ccccn2)c1. The van der Waals surface area contributed by atoms with Crippen molar-refractivity contribution in [2.75, 3.05) is 5.32 Å². The zero-order chi connectivity index (χ0) is 19.3. The summed E-state index contributed by atoms with van der Waals surface area (Å²) in [5.74, 6) is -0.503. The molecule has 0 saturated heterocycles. The number of aromatic nitrogens is 1. The summed E-state index contributed by atoms with van der Waals surface area (Å²) in [4.78, 5) is 29.2. The fraction of sp³-hybridized carbons (Fsp3) is 0.381. The van der Waals surface area contributed by atoms with Crippen LogP contribution in [0, 0.1) is 5.92 Å². The Morgan fingerprint density at radius 1 is 1.22 bits per heavy atom. The van der Waals surface area contributed by atoms with Crippen LogP contribution in [0.25, 0.3) is 0 Å². The molecule has 0 spiro atoms. The summed E-state index contributed by atoms with van der Waals surface area (Å²) in [7, 11) is 0. The number of anilines is 1. The van der Waals surface area contributed by atoms with Crippen LogP contribution in [0.5, 0.6) is 0 Å². The number of hydrogen-bond acceptors (Lipinski definition) is 4. The Morgan fingerprint density at radius 3 is 2.81 bits per heavy atom. The Kier molecular flexibility index (Phi) is 5.86. The summed E-state index contributed by atoms with van der Waals surface area (Å²) >= 11 is 0. The second-order valence-electron chi connectivity index (χ2n) is 7.38. The number of rotatable bonds is 5. The van der Waals surface area contributed by atoms with Crippen LogP contribution in [-0.4, -0.2) is 22.3 Å². The largest absolute Gasteiger partial charge is 0.346 e. The molecule has 1 aliphatic rings. The number of carbonyl (C=O) groups excluding carboxylic acids is 2. The number of nitrogens with two attached hydrogens (primary N) is 1. The van der Waals surface area contributed by atoms with Crippen molar-refractivity contribution in [3.05, 3.63) is 59.9 Å². The molecule has 6 heteroatoms. The zero-order valence-corrected chi connectivity index (χ0v) is 15.6. The molecule has 2 amide bonds. The van der Waals surface area contributed by atoms with Gasteiger partial charge in [-0.25, -0.2) is 0 Å². The summed E-state index contributed by atoms with van der Waals surface area (Å²) in [5, 5.41) is 5.76. The van der Waals surface area contributed by atoms with E-state index in [0.717, 1.165) is 31.4 Å². The molecule has 2 unspecified atom stereocenters. The van der Waals surface area contributed by atoms with Crippen LogP contribution >= 0.6 is 0 Å². The predicted octanol–water partition coefficient (Wildman–Crippen LogP) is 2.86. The zero-order valence-electron chi connectivity index (χ0n) is 15.6. The molecule has 1 saturated carbocycles. The van der Waals surface area contributed by atoms with E-state index in [4.69, 9.17) is 5.73 Å². The van der Waals surface area contributed by atoms with E-state index in [2.05, 4.69) is 15.6 Å². The third-order valence-corrected chi connectivity index (χ3v) is 5.12. The van der Waals surface area contributed by atoms with Gasteiger partial charge in [-0.15, -0.1) is 0 Å². The summed E-state index contributed by atoms with van der Waals surface area (Å²) in [5.41, 5.74) is 7.71. The Hall–Kier alpha value is -2.73. The standard InChI is InChI=1S/C21H26N4O2/c1-21(22)11-4-2-10-18(21)20(27)25-16-9-6-7-15(13-16)19(26)24-14-17-8-3-5-12-23-17/h3,5-9,12-13,18H,2,4,10-11,14,22H2,1H3,(H,24,26)(H,25,27). The van der Waals surface area contributed by atoms with Gasteiger partial charge in [0.15, 0.2) is 0 Å². The number of carbonyl (C=O) groups is 2. The molecule has 1 aromatic heterocycles. The van der Waals surface area contributed by atoms with Crippen molar-refractivity contribution in [3.63, 3.8) is 0 Å². The van der Waals surface area contributed by atoms with Gasteiger partial charge in [-0.3, -0.25) is 14.6 Å². The highest BCUT2D eigenvalue weighted by Crippen LogP contribution is 2.32. The van der Waals surface area contributed by atoms with Gasteiger partial charge in [0.1, 0.15) is 0 Å². The molecule has 1 fully saturated rings. The maximum Gasteiger partial charge on any atom is 0.251 e. The minimum Gasteiger partial charge on any atom is -0.346 e. The van der Waals surface area contributed by atoms with Gasteiger partial charge in [-0.05, 0) is 50.1 Å². The topological polar surface area (TPSA) is 97.1 Å². The van der Waals surface area contributed by atoms with Gasteiger partial charge in [-0.2, -0.15) is 0 Å². The smallest absolute Gasteiger partial charge is 0.251 e. The van der Waals surface area contributed by atoms with Crippen LogP contribution in [0.4, 0.5) is 5.69 Å². The van der Waals surface area contributed by atoms with Crippen molar-refractivity contribution >= 4 is 17.5 Å². The number of amides is 2. The molecule has 6 nitrogen and oxygen atoms in total. The van der Waals surface area contributed by atoms with Gasteiger partial charge in [0, 0.05) is 23.0 Å². The Balaban J connectivity index is 1.63. The fourth-order valence-corrected chi connectivity index (χ4v) is 3.53. The average molecular weight is 366 g/mol. The summed E-state index contributed by atoms with van der Waals surface area (Å²) in [6.45, 7) is 2.29. The molecule has 1 heterocycles. The molecule has 4 N–H and O–H groups in total. The first-order valence-corrected chi connectivity index (χ1v) is 9.34. The fourth-order valence-electron chi connectivity index (χ4n) is 3.53. The van der Waals surface area contributed by atoms with Gasteiger partial charge in [0.05, 0.1) is 18.2 Å². The first kappa shape index (κ1) is 19.0. The second-order valence-corrected chi connectivity index (χ2v) is 7.38.